The van der Waals surface area contributed by atoms with Gasteiger partial charge in [0.2, 0.25) is 0 Å². The summed E-state index contributed by atoms with van der Waals surface area (Å²) in [4.78, 5) is 16.9. The van der Waals surface area contributed by atoms with Crippen molar-refractivity contribution >= 4 is 30.8 Å². The monoisotopic (exact) mass is 321 g/mol. The number of urea groups is 1. The quantitative estimate of drug-likeness (QED) is 0.854. The molecule has 1 saturated heterocycles. The van der Waals surface area contributed by atoms with Crippen molar-refractivity contribution in [2.75, 3.05) is 19.6 Å². The number of nitrogens with one attached hydrogen (secondary N) is 1. The minimum atomic E-state index is -0.310. The Hall–Kier alpha value is -0.980. The van der Waals surface area contributed by atoms with Crippen molar-refractivity contribution in [2.24, 2.45) is 11.7 Å². The first-order valence-electron chi connectivity index (χ1n) is 6.51. The molecule has 2 fully saturated rings. The molecular formula is C12H21Cl2N5O. The molecule has 3 N–H and O–H groups in total. The second kappa shape index (κ2) is 7.15. The smallest absolute Gasteiger partial charge is 0.314 e. The molecule has 0 bridgehead atoms. The molecule has 1 aromatic heterocycles. The minimum Gasteiger partial charge on any atom is -0.351 e. The molecule has 3 rings (SSSR count). The van der Waals surface area contributed by atoms with E-state index in [1.807, 2.05) is 6.20 Å². The molecule has 8 heteroatoms. The Kier molecular flexibility index (Phi) is 6.10. The van der Waals surface area contributed by atoms with Gasteiger partial charge >= 0.3 is 6.03 Å². The number of carbonyl (C=O) groups excluding carboxylic acids is 1. The third-order valence-corrected chi connectivity index (χ3v) is 3.67. The molecule has 0 unspecified atom stereocenters. The number of rotatable bonds is 5. The number of imidazole rings is 1. The zero-order chi connectivity index (χ0) is 12.5. The van der Waals surface area contributed by atoms with Gasteiger partial charge < -0.3 is 20.5 Å². The van der Waals surface area contributed by atoms with E-state index < -0.39 is 0 Å². The van der Waals surface area contributed by atoms with Crippen LogP contribution in [0.15, 0.2) is 12.4 Å². The molecule has 2 aliphatic rings. The number of primary amides is 1. The van der Waals surface area contributed by atoms with E-state index in [0.717, 1.165) is 32.0 Å². The van der Waals surface area contributed by atoms with Crippen molar-refractivity contribution in [2.45, 2.75) is 25.4 Å². The number of carbonyl (C=O) groups is 1. The predicted octanol–water partition coefficient (Wildman–Crippen LogP) is 1.16. The van der Waals surface area contributed by atoms with Gasteiger partial charge in [-0.3, -0.25) is 0 Å². The number of nitrogens with zero attached hydrogens (tertiary/aromatic N) is 3. The van der Waals surface area contributed by atoms with Crippen LogP contribution in [0.3, 0.4) is 0 Å². The van der Waals surface area contributed by atoms with E-state index in [1.54, 1.807) is 4.90 Å². The van der Waals surface area contributed by atoms with Crippen LogP contribution in [0.1, 0.15) is 24.7 Å². The highest BCUT2D eigenvalue weighted by Crippen LogP contribution is 2.35. The van der Waals surface area contributed by atoms with E-state index in [9.17, 15) is 4.79 Å². The third kappa shape index (κ3) is 3.77. The number of amides is 2. The first-order valence-corrected chi connectivity index (χ1v) is 6.51. The first kappa shape index (κ1) is 17.1. The molecule has 0 atom stereocenters. The highest BCUT2D eigenvalue weighted by molar-refractivity contribution is 5.85. The van der Waals surface area contributed by atoms with Gasteiger partial charge in [0.1, 0.15) is 5.82 Å². The fraction of sp³-hybridized carbons (Fsp3) is 0.667. The maximum absolute atomic E-state index is 10.8. The van der Waals surface area contributed by atoms with Gasteiger partial charge in [-0.15, -0.1) is 24.8 Å². The van der Waals surface area contributed by atoms with Gasteiger partial charge in [0.25, 0.3) is 0 Å². The lowest BCUT2D eigenvalue weighted by atomic mass is 10.0. The van der Waals surface area contributed by atoms with E-state index >= 15 is 0 Å². The zero-order valence-corrected chi connectivity index (χ0v) is 12.8. The summed E-state index contributed by atoms with van der Waals surface area (Å²) in [6, 6.07) is 0.369. The first-order chi connectivity index (χ1) is 8.74. The largest absolute Gasteiger partial charge is 0.351 e. The average Bonchev–Trinajstić information content (AvgIpc) is 3.01. The van der Waals surface area contributed by atoms with E-state index in [0.29, 0.717) is 12.0 Å². The lowest BCUT2D eigenvalue weighted by Gasteiger charge is -2.38. The number of hydrogen-bond donors (Lipinski definition) is 2. The fourth-order valence-electron chi connectivity index (χ4n) is 2.43. The van der Waals surface area contributed by atoms with Gasteiger partial charge in [-0.2, -0.15) is 0 Å². The van der Waals surface area contributed by atoms with E-state index in [-0.39, 0.29) is 30.8 Å². The van der Waals surface area contributed by atoms with Gasteiger partial charge in [0, 0.05) is 44.0 Å². The number of nitrogens with two attached hydrogens (primary N) is 1. The normalized spacial score (nSPS) is 17.9. The highest BCUT2D eigenvalue weighted by atomic mass is 35.5. The van der Waals surface area contributed by atoms with Crippen LogP contribution in [0.25, 0.3) is 0 Å². The van der Waals surface area contributed by atoms with Gasteiger partial charge in [0.15, 0.2) is 0 Å². The zero-order valence-electron chi connectivity index (χ0n) is 11.2. The van der Waals surface area contributed by atoms with Gasteiger partial charge in [-0.05, 0) is 12.8 Å². The summed E-state index contributed by atoms with van der Waals surface area (Å²) in [5.41, 5.74) is 5.18. The highest BCUT2D eigenvalue weighted by Gasteiger charge is 2.29. The second-order valence-electron chi connectivity index (χ2n) is 5.22. The van der Waals surface area contributed by atoms with Crippen molar-refractivity contribution in [3.05, 3.63) is 18.2 Å². The Morgan fingerprint density at radius 2 is 2.10 bits per heavy atom. The molecule has 114 valence electrons. The molecule has 20 heavy (non-hydrogen) atoms. The summed E-state index contributed by atoms with van der Waals surface area (Å²) in [7, 11) is 0. The topological polar surface area (TPSA) is 76.2 Å². The standard InChI is InChI=1S/C12H19N5O.2ClH/c13-12(18)16-7-9(8-16)5-14-6-11-15-3-4-17(11)10-1-2-10;;/h3-4,9-10,14H,1-2,5-8H2,(H2,13,18);2*1H. The molecule has 1 aliphatic carbocycles. The summed E-state index contributed by atoms with van der Waals surface area (Å²) in [5, 5.41) is 3.41. The third-order valence-electron chi connectivity index (χ3n) is 3.67. The van der Waals surface area contributed by atoms with Crippen LogP contribution in [-0.4, -0.2) is 40.1 Å². The Morgan fingerprint density at radius 1 is 1.40 bits per heavy atom. The molecular weight excluding hydrogens is 301 g/mol. The Labute approximate surface area is 130 Å². The van der Waals surface area contributed by atoms with Gasteiger partial charge in [0.05, 0.1) is 6.54 Å². The van der Waals surface area contributed by atoms with Crippen LogP contribution in [0.5, 0.6) is 0 Å². The SMILES string of the molecule is Cl.Cl.NC(=O)N1CC(CNCc2nccn2C2CC2)C1. The van der Waals surface area contributed by atoms with Crippen LogP contribution in [-0.2, 0) is 6.54 Å². The summed E-state index contributed by atoms with van der Waals surface area (Å²) in [6.07, 6.45) is 6.49. The van der Waals surface area contributed by atoms with Crippen LogP contribution in [0.2, 0.25) is 0 Å². The molecule has 0 radical (unpaired) electrons. The number of aromatic nitrogens is 2. The molecule has 0 spiro atoms. The van der Waals surface area contributed by atoms with Crippen LogP contribution >= 0.6 is 24.8 Å². The van der Waals surface area contributed by atoms with Crippen molar-refractivity contribution in [3.63, 3.8) is 0 Å². The Morgan fingerprint density at radius 3 is 2.70 bits per heavy atom. The molecule has 2 amide bonds. The summed E-state index contributed by atoms with van der Waals surface area (Å²) in [6.45, 7) is 3.27. The van der Waals surface area contributed by atoms with E-state index in [1.165, 1.54) is 12.8 Å². The van der Waals surface area contributed by atoms with Gasteiger partial charge in [-0.1, -0.05) is 0 Å². The van der Waals surface area contributed by atoms with Crippen molar-refractivity contribution in [1.29, 1.82) is 0 Å². The second-order valence-corrected chi connectivity index (χ2v) is 5.22. The number of hydrogen-bond acceptors (Lipinski definition) is 3. The van der Waals surface area contributed by atoms with Crippen LogP contribution in [0, 0.1) is 5.92 Å². The average molecular weight is 322 g/mol. The lowest BCUT2D eigenvalue weighted by Crippen LogP contribution is -2.55. The molecule has 1 aliphatic heterocycles. The summed E-state index contributed by atoms with van der Waals surface area (Å²) >= 11 is 0. The molecule has 1 aromatic rings. The Balaban J connectivity index is 0.000001000. The maximum Gasteiger partial charge on any atom is 0.314 e. The van der Waals surface area contributed by atoms with Crippen molar-refractivity contribution in [3.8, 4) is 0 Å². The summed E-state index contributed by atoms with van der Waals surface area (Å²) < 4.78 is 2.27. The van der Waals surface area contributed by atoms with Gasteiger partial charge in [-0.25, -0.2) is 9.78 Å². The maximum atomic E-state index is 10.8. The minimum absolute atomic E-state index is 0. The lowest BCUT2D eigenvalue weighted by molar-refractivity contribution is 0.126. The number of halogens is 2. The molecule has 6 nitrogen and oxygen atoms in total. The molecule has 0 aromatic carbocycles. The summed E-state index contributed by atoms with van der Waals surface area (Å²) in [5.74, 6) is 1.64. The fourth-order valence-corrected chi connectivity index (χ4v) is 2.43. The van der Waals surface area contributed by atoms with Crippen LogP contribution < -0.4 is 11.1 Å². The molecule has 1 saturated carbocycles. The van der Waals surface area contributed by atoms with E-state index in [2.05, 4.69) is 21.1 Å². The van der Waals surface area contributed by atoms with E-state index in [4.69, 9.17) is 5.73 Å². The Bertz CT molecular complexity index is 443. The molecule has 2 heterocycles. The van der Waals surface area contributed by atoms with Crippen molar-refractivity contribution < 1.29 is 4.79 Å². The number of likely N-dealkylation sites (tertiary alicyclic amines) is 1. The van der Waals surface area contributed by atoms with Crippen molar-refractivity contribution in [1.82, 2.24) is 19.8 Å². The van der Waals surface area contributed by atoms with Crippen LogP contribution in [0.4, 0.5) is 4.79 Å². The predicted molar refractivity (Wildman–Crippen MR) is 81.3 cm³/mol.